The number of furan rings is 1. The smallest absolute Gasteiger partial charge is 0.166 e. The minimum absolute atomic E-state index is 0.509. The second-order valence-corrected chi connectivity index (χ2v) is 15.1. The minimum Gasteiger partial charge on any atom is -0.456 e. The van der Waals surface area contributed by atoms with E-state index >= 15 is 0 Å². The van der Waals surface area contributed by atoms with E-state index in [4.69, 9.17) is 34.3 Å². The number of fused-ring (bicyclic) bond motifs is 6. The van der Waals surface area contributed by atoms with Crippen LogP contribution in [0.3, 0.4) is 0 Å². The number of nitrogens with zero attached hydrogens (tertiary/aromatic N) is 7. The number of benzene rings is 8. The van der Waals surface area contributed by atoms with E-state index in [1.165, 1.54) is 0 Å². The summed E-state index contributed by atoms with van der Waals surface area (Å²) >= 11 is 0. The van der Waals surface area contributed by atoms with Crippen LogP contribution in [-0.4, -0.2) is 34.5 Å². The zero-order chi connectivity index (χ0) is 41.0. The molecular weight excluding hydrogens is 763 g/mol. The molecule has 0 bridgehead atoms. The maximum atomic E-state index is 6.31. The Morgan fingerprint density at radius 1 is 0.306 bits per heavy atom. The quantitative estimate of drug-likeness (QED) is 0.158. The molecule has 0 aliphatic carbocycles. The molecule has 0 amide bonds. The first-order chi connectivity index (χ1) is 30.7. The van der Waals surface area contributed by atoms with Crippen molar-refractivity contribution in [3.05, 3.63) is 200 Å². The molecule has 12 rings (SSSR count). The third-order valence-corrected chi connectivity index (χ3v) is 11.3. The molecule has 0 atom stereocenters. The number of para-hydroxylation sites is 3. The number of aromatic nitrogens is 7. The Kier molecular flexibility index (Phi) is 8.31. The lowest BCUT2D eigenvalue weighted by Gasteiger charge is -2.16. The predicted molar refractivity (Wildman–Crippen MR) is 247 cm³/mol. The molecule has 0 saturated heterocycles. The van der Waals surface area contributed by atoms with Gasteiger partial charge in [0, 0.05) is 54.9 Å². The second kappa shape index (κ2) is 14.6. The van der Waals surface area contributed by atoms with E-state index < -0.39 is 0 Å². The maximum absolute atomic E-state index is 6.31. The van der Waals surface area contributed by atoms with E-state index in [1.807, 2.05) is 121 Å². The average Bonchev–Trinajstić information content (AvgIpc) is 3.90. The zero-order valence-corrected chi connectivity index (χ0v) is 33.1. The molecule has 62 heavy (non-hydrogen) atoms. The van der Waals surface area contributed by atoms with Gasteiger partial charge in [-0.2, -0.15) is 0 Å². The molecule has 4 aromatic heterocycles. The van der Waals surface area contributed by atoms with Crippen molar-refractivity contribution in [3.8, 4) is 74.0 Å². The zero-order valence-electron chi connectivity index (χ0n) is 33.1. The summed E-state index contributed by atoms with van der Waals surface area (Å²) in [5.74, 6) is 3.26. The SMILES string of the molecule is c1ccc(-c2nc(-c3ccccc3)nc(-c3cc(-c4nc(-c5ccccc5)nc(-c5cccc6oc7ccccc7c56)n4)ccc3-n3c4ccccc4c4ccccc43)n2)cc1. The first-order valence-electron chi connectivity index (χ1n) is 20.5. The maximum Gasteiger partial charge on any atom is 0.166 e. The van der Waals surface area contributed by atoms with Crippen molar-refractivity contribution in [1.29, 1.82) is 0 Å². The summed E-state index contributed by atoms with van der Waals surface area (Å²) in [5, 5.41) is 4.25. The highest BCUT2D eigenvalue weighted by Crippen LogP contribution is 2.40. The Balaban J connectivity index is 1.15. The van der Waals surface area contributed by atoms with Crippen molar-refractivity contribution in [1.82, 2.24) is 34.5 Å². The van der Waals surface area contributed by atoms with Gasteiger partial charge < -0.3 is 8.98 Å². The highest BCUT2D eigenvalue weighted by Gasteiger charge is 2.23. The van der Waals surface area contributed by atoms with Crippen LogP contribution in [0.4, 0.5) is 0 Å². The van der Waals surface area contributed by atoms with Crippen LogP contribution in [0.5, 0.6) is 0 Å². The highest BCUT2D eigenvalue weighted by molar-refractivity contribution is 6.12. The molecule has 0 N–H and O–H groups in total. The van der Waals surface area contributed by atoms with E-state index in [0.29, 0.717) is 34.9 Å². The number of hydrogen-bond donors (Lipinski definition) is 0. The van der Waals surface area contributed by atoms with E-state index in [-0.39, 0.29) is 0 Å². The average molecular weight is 796 g/mol. The van der Waals surface area contributed by atoms with E-state index in [2.05, 4.69) is 83.4 Å². The third-order valence-electron chi connectivity index (χ3n) is 11.3. The second-order valence-electron chi connectivity index (χ2n) is 15.1. The first-order valence-corrected chi connectivity index (χ1v) is 20.5. The van der Waals surface area contributed by atoms with Crippen molar-refractivity contribution >= 4 is 43.7 Å². The van der Waals surface area contributed by atoms with E-state index in [9.17, 15) is 0 Å². The van der Waals surface area contributed by atoms with E-state index in [0.717, 1.165) is 82.8 Å². The summed E-state index contributed by atoms with van der Waals surface area (Å²) in [5.41, 5.74) is 9.68. The standard InChI is InChI=1S/C54H33N7O/c1-4-17-34(18-5-1)49-55-50(35-19-6-2-7-20-35)59-54(58-49)42-33-37(31-32-45(42)61-43-27-13-10-23-38(43)39-24-11-14-28-44(39)61)52-56-51(36-21-8-3-9-22-36)57-53(60-52)41-26-16-30-47-48(41)40-25-12-15-29-46(40)62-47/h1-33H. The Hall–Kier alpha value is -8.62. The Labute approximate surface area is 355 Å². The van der Waals surface area contributed by atoms with Crippen molar-refractivity contribution in [3.63, 3.8) is 0 Å². The molecular formula is C54H33N7O. The van der Waals surface area contributed by atoms with Gasteiger partial charge in [-0.15, -0.1) is 0 Å². The van der Waals surface area contributed by atoms with Crippen LogP contribution in [0.2, 0.25) is 0 Å². The lowest BCUT2D eigenvalue weighted by molar-refractivity contribution is 0.669. The predicted octanol–water partition coefficient (Wildman–Crippen LogP) is 13.1. The van der Waals surface area contributed by atoms with Gasteiger partial charge in [0.15, 0.2) is 34.9 Å². The topological polar surface area (TPSA) is 95.4 Å². The van der Waals surface area contributed by atoms with Gasteiger partial charge in [0.05, 0.1) is 16.7 Å². The summed E-state index contributed by atoms with van der Waals surface area (Å²) in [4.78, 5) is 31.1. The lowest BCUT2D eigenvalue weighted by atomic mass is 10.0. The molecule has 0 radical (unpaired) electrons. The van der Waals surface area contributed by atoms with E-state index in [1.54, 1.807) is 0 Å². The first kappa shape index (κ1) is 35.3. The van der Waals surface area contributed by atoms with Gasteiger partial charge in [-0.3, -0.25) is 0 Å². The Morgan fingerprint density at radius 3 is 1.31 bits per heavy atom. The van der Waals surface area contributed by atoms with Gasteiger partial charge in [-0.25, -0.2) is 29.9 Å². The van der Waals surface area contributed by atoms with Crippen LogP contribution >= 0.6 is 0 Å². The van der Waals surface area contributed by atoms with Crippen LogP contribution in [0.1, 0.15) is 0 Å². The fourth-order valence-electron chi connectivity index (χ4n) is 8.46. The van der Waals surface area contributed by atoms with Crippen LogP contribution in [0.15, 0.2) is 205 Å². The molecule has 0 saturated carbocycles. The van der Waals surface area contributed by atoms with Gasteiger partial charge in [-0.1, -0.05) is 158 Å². The highest BCUT2D eigenvalue weighted by atomic mass is 16.3. The molecule has 8 heteroatoms. The molecule has 0 fully saturated rings. The Bertz CT molecular complexity index is 3530. The van der Waals surface area contributed by atoms with Crippen molar-refractivity contribution < 1.29 is 4.42 Å². The van der Waals surface area contributed by atoms with Gasteiger partial charge in [-0.05, 0) is 42.5 Å². The summed E-state index contributed by atoms with van der Waals surface area (Å²) in [6.07, 6.45) is 0. The fraction of sp³-hybridized carbons (Fsp3) is 0. The van der Waals surface area contributed by atoms with Crippen LogP contribution in [0.25, 0.3) is 118 Å². The normalized spacial score (nSPS) is 11.5. The summed E-state index contributed by atoms with van der Waals surface area (Å²) in [6.45, 7) is 0. The molecule has 12 aromatic rings. The van der Waals surface area contributed by atoms with Gasteiger partial charge in [0.2, 0.25) is 0 Å². The van der Waals surface area contributed by atoms with Gasteiger partial charge in [0.1, 0.15) is 11.2 Å². The van der Waals surface area contributed by atoms with Crippen LogP contribution in [-0.2, 0) is 0 Å². The van der Waals surface area contributed by atoms with Crippen molar-refractivity contribution in [2.75, 3.05) is 0 Å². The monoisotopic (exact) mass is 795 g/mol. The van der Waals surface area contributed by atoms with Crippen molar-refractivity contribution in [2.24, 2.45) is 0 Å². The molecule has 4 heterocycles. The summed E-state index contributed by atoms with van der Waals surface area (Å²) in [7, 11) is 0. The molecule has 8 nitrogen and oxygen atoms in total. The molecule has 8 aromatic carbocycles. The summed E-state index contributed by atoms with van der Waals surface area (Å²) < 4.78 is 8.61. The number of rotatable bonds is 7. The third kappa shape index (κ3) is 6.00. The molecule has 0 spiro atoms. The fourth-order valence-corrected chi connectivity index (χ4v) is 8.46. The van der Waals surface area contributed by atoms with Gasteiger partial charge in [0.25, 0.3) is 0 Å². The summed E-state index contributed by atoms with van der Waals surface area (Å²) in [6, 6.07) is 67.6. The molecule has 290 valence electrons. The van der Waals surface area contributed by atoms with Crippen molar-refractivity contribution in [2.45, 2.75) is 0 Å². The lowest BCUT2D eigenvalue weighted by Crippen LogP contribution is -2.05. The minimum atomic E-state index is 0.509. The van der Waals surface area contributed by atoms with Crippen LogP contribution in [0, 0.1) is 0 Å². The molecule has 0 unspecified atom stereocenters. The molecule has 0 aliphatic rings. The number of hydrogen-bond acceptors (Lipinski definition) is 7. The van der Waals surface area contributed by atoms with Crippen LogP contribution < -0.4 is 0 Å². The largest absolute Gasteiger partial charge is 0.456 e. The Morgan fingerprint density at radius 2 is 0.742 bits per heavy atom. The molecule has 0 aliphatic heterocycles. The van der Waals surface area contributed by atoms with Gasteiger partial charge >= 0.3 is 0 Å².